The summed E-state index contributed by atoms with van der Waals surface area (Å²) in [5.41, 5.74) is 0.837. The van der Waals surface area contributed by atoms with Crippen LogP contribution in [0.3, 0.4) is 0 Å². The number of nitrogens with zero attached hydrogens (tertiary/aromatic N) is 1. The lowest BCUT2D eigenvalue weighted by atomic mass is 9.97. The Morgan fingerprint density at radius 2 is 2.00 bits per heavy atom. The molecule has 0 spiro atoms. The van der Waals surface area contributed by atoms with Crippen LogP contribution in [0.2, 0.25) is 0 Å². The van der Waals surface area contributed by atoms with Crippen molar-refractivity contribution in [2.45, 2.75) is 18.9 Å². The van der Waals surface area contributed by atoms with E-state index in [1.165, 1.54) is 13.0 Å². The maximum atomic E-state index is 12.4. The van der Waals surface area contributed by atoms with Gasteiger partial charge in [-0.2, -0.15) is 0 Å². The summed E-state index contributed by atoms with van der Waals surface area (Å²) >= 11 is 0. The molecule has 2 bridgehead atoms. The summed E-state index contributed by atoms with van der Waals surface area (Å²) in [6.45, 7) is 3.27. The van der Waals surface area contributed by atoms with Crippen molar-refractivity contribution in [3.8, 4) is 17.1 Å². The van der Waals surface area contributed by atoms with Crippen LogP contribution in [0.1, 0.15) is 23.4 Å². The van der Waals surface area contributed by atoms with E-state index in [1.807, 2.05) is 0 Å². The Labute approximate surface area is 134 Å². The molecule has 4 rings (SSSR count). The zero-order valence-corrected chi connectivity index (χ0v) is 12.9. The number of benzene rings is 1. The zero-order valence-electron chi connectivity index (χ0n) is 12.9. The Morgan fingerprint density at radius 1 is 1.17 bits per heavy atom. The van der Waals surface area contributed by atoms with Crippen LogP contribution >= 0.6 is 0 Å². The molecule has 5 heteroatoms. The summed E-state index contributed by atoms with van der Waals surface area (Å²) in [4.78, 5) is 14.8. The zero-order chi connectivity index (χ0) is 15.8. The van der Waals surface area contributed by atoms with E-state index in [1.54, 1.807) is 36.4 Å². The number of phenolic OH excluding ortho intramolecular Hbond substituents is 1. The number of hydrogen-bond donors (Lipinski definition) is 2. The summed E-state index contributed by atoms with van der Waals surface area (Å²) in [6, 6.07) is 10.4. The molecule has 2 aliphatic rings. The first-order chi connectivity index (χ1) is 11.2. The third-order valence-electron chi connectivity index (χ3n) is 4.78. The average molecular weight is 312 g/mol. The molecule has 2 fully saturated rings. The third kappa shape index (κ3) is 2.97. The van der Waals surface area contributed by atoms with Crippen molar-refractivity contribution in [3.63, 3.8) is 0 Å². The standard InChI is InChI=1S/C18H20N2O3/c21-15-3-1-13(2-4-15)16-5-6-17(23-16)18(22)19-14-9-12-7-8-20(10-12)11-14/h1-6,12,14,21H,7-11H2,(H,19,22)/t12-,14+/m1/s1. The van der Waals surface area contributed by atoms with Crippen LogP contribution in [0, 0.1) is 5.92 Å². The molecule has 120 valence electrons. The minimum atomic E-state index is -0.150. The second-order valence-corrected chi connectivity index (χ2v) is 6.53. The Kier molecular flexibility index (Phi) is 3.58. The van der Waals surface area contributed by atoms with Crippen LogP contribution in [0.5, 0.6) is 5.75 Å². The van der Waals surface area contributed by atoms with Crippen molar-refractivity contribution >= 4 is 5.91 Å². The fourth-order valence-electron chi connectivity index (χ4n) is 3.66. The Bertz CT molecular complexity index is 695. The molecular weight excluding hydrogens is 292 g/mol. The first-order valence-corrected chi connectivity index (χ1v) is 8.10. The van der Waals surface area contributed by atoms with Crippen LogP contribution in [0.15, 0.2) is 40.8 Å². The SMILES string of the molecule is O=C(N[C@H]1C[C@H]2CCN(C2)C1)c1ccc(-c2ccc(O)cc2)o1. The number of carbonyl (C=O) groups excluding carboxylic acids is 1. The largest absolute Gasteiger partial charge is 0.508 e. The van der Waals surface area contributed by atoms with E-state index in [-0.39, 0.29) is 17.7 Å². The van der Waals surface area contributed by atoms with Crippen LogP contribution in [0.4, 0.5) is 0 Å². The number of carbonyl (C=O) groups is 1. The Balaban J connectivity index is 1.44. The number of rotatable bonds is 3. The van der Waals surface area contributed by atoms with Gasteiger partial charge in [-0.15, -0.1) is 0 Å². The van der Waals surface area contributed by atoms with Gasteiger partial charge in [0.05, 0.1) is 0 Å². The summed E-state index contributed by atoms with van der Waals surface area (Å²) in [6.07, 6.45) is 2.31. The minimum absolute atomic E-state index is 0.150. The number of phenols is 1. The molecule has 0 radical (unpaired) electrons. The number of hydrogen-bond acceptors (Lipinski definition) is 4. The van der Waals surface area contributed by atoms with E-state index in [0.29, 0.717) is 11.5 Å². The van der Waals surface area contributed by atoms with Gasteiger partial charge in [0.1, 0.15) is 11.5 Å². The molecule has 23 heavy (non-hydrogen) atoms. The second-order valence-electron chi connectivity index (χ2n) is 6.53. The highest BCUT2D eigenvalue weighted by Crippen LogP contribution is 2.27. The molecule has 3 atom stereocenters. The predicted molar refractivity (Wildman–Crippen MR) is 86.2 cm³/mol. The first kappa shape index (κ1) is 14.3. The van der Waals surface area contributed by atoms with E-state index in [2.05, 4.69) is 10.2 Å². The van der Waals surface area contributed by atoms with Gasteiger partial charge in [-0.1, -0.05) is 0 Å². The van der Waals surface area contributed by atoms with Gasteiger partial charge in [0.25, 0.3) is 5.91 Å². The van der Waals surface area contributed by atoms with Gasteiger partial charge in [-0.05, 0) is 61.7 Å². The molecule has 2 aliphatic heterocycles. The van der Waals surface area contributed by atoms with Crippen molar-refractivity contribution in [1.82, 2.24) is 10.2 Å². The fraction of sp³-hybridized carbons (Fsp3) is 0.389. The van der Waals surface area contributed by atoms with Gasteiger partial charge < -0.3 is 19.7 Å². The molecule has 3 heterocycles. The predicted octanol–water partition coefficient (Wildman–Crippen LogP) is 2.48. The van der Waals surface area contributed by atoms with Crippen molar-refractivity contribution in [2.24, 2.45) is 5.92 Å². The van der Waals surface area contributed by atoms with Crippen LogP contribution < -0.4 is 5.32 Å². The molecule has 0 saturated carbocycles. The lowest BCUT2D eigenvalue weighted by Gasteiger charge is -2.30. The van der Waals surface area contributed by atoms with Gasteiger partial charge in [-0.25, -0.2) is 0 Å². The average Bonchev–Trinajstić information content (AvgIpc) is 3.15. The van der Waals surface area contributed by atoms with Crippen molar-refractivity contribution in [2.75, 3.05) is 19.6 Å². The van der Waals surface area contributed by atoms with Crippen LogP contribution in [0.25, 0.3) is 11.3 Å². The molecular formula is C18H20N2O3. The van der Waals surface area contributed by atoms with Crippen molar-refractivity contribution < 1.29 is 14.3 Å². The fourth-order valence-corrected chi connectivity index (χ4v) is 3.66. The second kappa shape index (κ2) is 5.74. The Hall–Kier alpha value is -2.27. The topological polar surface area (TPSA) is 65.7 Å². The molecule has 1 amide bonds. The number of furan rings is 1. The van der Waals surface area contributed by atoms with Crippen molar-refractivity contribution in [1.29, 1.82) is 0 Å². The van der Waals surface area contributed by atoms with E-state index >= 15 is 0 Å². The maximum Gasteiger partial charge on any atom is 0.287 e. The quantitative estimate of drug-likeness (QED) is 0.914. The highest BCUT2D eigenvalue weighted by molar-refractivity contribution is 5.92. The van der Waals surface area contributed by atoms with Gasteiger partial charge in [0.15, 0.2) is 5.76 Å². The monoisotopic (exact) mass is 312 g/mol. The lowest BCUT2D eigenvalue weighted by Crippen LogP contribution is -2.46. The van der Waals surface area contributed by atoms with Gasteiger partial charge in [0.2, 0.25) is 0 Å². The first-order valence-electron chi connectivity index (χ1n) is 8.10. The smallest absolute Gasteiger partial charge is 0.287 e. The maximum absolute atomic E-state index is 12.4. The molecule has 2 N–H and O–H groups in total. The number of amides is 1. The number of nitrogens with one attached hydrogen (secondary N) is 1. The molecule has 2 saturated heterocycles. The highest BCUT2D eigenvalue weighted by atomic mass is 16.3. The minimum Gasteiger partial charge on any atom is -0.508 e. The molecule has 0 aliphatic carbocycles. The van der Waals surface area contributed by atoms with Crippen molar-refractivity contribution in [3.05, 3.63) is 42.2 Å². The molecule has 2 aromatic rings. The summed E-state index contributed by atoms with van der Waals surface area (Å²) in [7, 11) is 0. The summed E-state index contributed by atoms with van der Waals surface area (Å²) < 4.78 is 5.67. The van der Waals surface area contributed by atoms with E-state index in [0.717, 1.165) is 31.0 Å². The van der Waals surface area contributed by atoms with Gasteiger partial charge >= 0.3 is 0 Å². The van der Waals surface area contributed by atoms with E-state index in [9.17, 15) is 9.90 Å². The Morgan fingerprint density at radius 3 is 2.78 bits per heavy atom. The van der Waals surface area contributed by atoms with Crippen LogP contribution in [-0.4, -0.2) is 41.6 Å². The molecule has 1 unspecified atom stereocenters. The molecule has 5 nitrogen and oxygen atoms in total. The lowest BCUT2D eigenvalue weighted by molar-refractivity contribution is 0.0882. The normalized spacial score (nSPS) is 26.2. The van der Waals surface area contributed by atoms with Gasteiger partial charge in [-0.3, -0.25) is 4.79 Å². The highest BCUT2D eigenvalue weighted by Gasteiger charge is 2.33. The molecule has 1 aromatic carbocycles. The third-order valence-corrected chi connectivity index (χ3v) is 4.78. The van der Waals surface area contributed by atoms with E-state index in [4.69, 9.17) is 4.42 Å². The molecule has 1 aromatic heterocycles. The number of fused-ring (bicyclic) bond motifs is 2. The van der Waals surface area contributed by atoms with E-state index < -0.39 is 0 Å². The number of aromatic hydroxyl groups is 1. The van der Waals surface area contributed by atoms with Gasteiger partial charge in [0, 0.05) is 24.7 Å². The number of piperidine rings is 1. The summed E-state index contributed by atoms with van der Waals surface area (Å²) in [5, 5.41) is 12.4. The summed E-state index contributed by atoms with van der Waals surface area (Å²) in [5.74, 6) is 1.74. The van der Waals surface area contributed by atoms with Crippen LogP contribution in [-0.2, 0) is 0 Å².